The highest BCUT2D eigenvalue weighted by molar-refractivity contribution is 5.92. The van der Waals surface area contributed by atoms with E-state index < -0.39 is 0 Å². The number of fused-ring (bicyclic) bond motifs is 1. The first-order valence-corrected chi connectivity index (χ1v) is 7.59. The standard InChI is InChI=1S/C15H18N6O/c1-20(15(22)13-5-6-16-17-13)11-8-21(9-11)14-7-10-3-2-4-12(10)18-19-14/h5-7,11H,2-4,8-9H2,1H3,(H,16,17). The molecule has 1 amide bonds. The molecule has 2 aliphatic rings. The van der Waals surface area contributed by atoms with Crippen LogP contribution in [-0.2, 0) is 12.8 Å². The normalized spacial score (nSPS) is 17.2. The first kappa shape index (κ1) is 13.2. The van der Waals surface area contributed by atoms with Gasteiger partial charge in [-0.05, 0) is 37.0 Å². The first-order valence-electron chi connectivity index (χ1n) is 7.59. The number of aromatic nitrogens is 4. The Kier molecular flexibility index (Phi) is 3.06. The highest BCUT2D eigenvalue weighted by atomic mass is 16.2. The number of hydrogen-bond donors (Lipinski definition) is 1. The molecule has 3 heterocycles. The fraction of sp³-hybridized carbons (Fsp3) is 0.467. The lowest BCUT2D eigenvalue weighted by Gasteiger charge is -2.44. The zero-order valence-corrected chi connectivity index (χ0v) is 12.5. The fourth-order valence-electron chi connectivity index (χ4n) is 3.09. The molecule has 1 saturated heterocycles. The van der Waals surface area contributed by atoms with Crippen molar-refractivity contribution in [3.05, 3.63) is 35.3 Å². The van der Waals surface area contributed by atoms with E-state index in [-0.39, 0.29) is 11.9 Å². The Morgan fingerprint density at radius 3 is 3.00 bits per heavy atom. The van der Waals surface area contributed by atoms with Gasteiger partial charge in [-0.25, -0.2) is 0 Å². The Balaban J connectivity index is 1.40. The number of amides is 1. The second-order valence-electron chi connectivity index (χ2n) is 5.97. The molecular formula is C15H18N6O. The van der Waals surface area contributed by atoms with Crippen molar-refractivity contribution in [2.24, 2.45) is 0 Å². The summed E-state index contributed by atoms with van der Waals surface area (Å²) < 4.78 is 0. The second kappa shape index (κ2) is 5.08. The number of H-pyrrole nitrogens is 1. The topological polar surface area (TPSA) is 78.0 Å². The molecule has 2 aromatic heterocycles. The minimum atomic E-state index is -0.0258. The molecule has 0 unspecified atom stereocenters. The molecule has 4 rings (SSSR count). The molecule has 7 heteroatoms. The lowest BCUT2D eigenvalue weighted by atomic mass is 10.1. The summed E-state index contributed by atoms with van der Waals surface area (Å²) in [5.41, 5.74) is 3.00. The molecule has 0 atom stereocenters. The molecule has 1 N–H and O–H groups in total. The van der Waals surface area contributed by atoms with E-state index in [4.69, 9.17) is 0 Å². The van der Waals surface area contributed by atoms with Gasteiger partial charge in [0.05, 0.1) is 11.7 Å². The van der Waals surface area contributed by atoms with Crippen molar-refractivity contribution in [2.75, 3.05) is 25.0 Å². The van der Waals surface area contributed by atoms with Gasteiger partial charge in [0.1, 0.15) is 5.69 Å². The van der Waals surface area contributed by atoms with E-state index >= 15 is 0 Å². The molecule has 0 saturated carbocycles. The van der Waals surface area contributed by atoms with Crippen LogP contribution >= 0.6 is 0 Å². The van der Waals surface area contributed by atoms with Crippen molar-refractivity contribution in [3.8, 4) is 0 Å². The van der Waals surface area contributed by atoms with Crippen molar-refractivity contribution in [1.82, 2.24) is 25.3 Å². The van der Waals surface area contributed by atoms with E-state index in [1.54, 1.807) is 17.2 Å². The third-order valence-corrected chi connectivity index (χ3v) is 4.59. The predicted molar refractivity (Wildman–Crippen MR) is 80.7 cm³/mol. The minimum Gasteiger partial charge on any atom is -0.351 e. The van der Waals surface area contributed by atoms with Crippen LogP contribution in [0.5, 0.6) is 0 Å². The summed E-state index contributed by atoms with van der Waals surface area (Å²) in [4.78, 5) is 16.2. The maximum Gasteiger partial charge on any atom is 0.271 e. The fourth-order valence-corrected chi connectivity index (χ4v) is 3.09. The lowest BCUT2D eigenvalue weighted by Crippen LogP contribution is -2.60. The average Bonchev–Trinajstić information content (AvgIpc) is 3.15. The number of carbonyl (C=O) groups is 1. The van der Waals surface area contributed by atoms with E-state index in [9.17, 15) is 4.79 Å². The van der Waals surface area contributed by atoms with Gasteiger partial charge in [0.2, 0.25) is 0 Å². The van der Waals surface area contributed by atoms with Crippen LogP contribution in [0, 0.1) is 0 Å². The Morgan fingerprint density at radius 2 is 2.23 bits per heavy atom. The molecular weight excluding hydrogens is 280 g/mol. The van der Waals surface area contributed by atoms with Crippen LogP contribution in [-0.4, -0.2) is 57.4 Å². The SMILES string of the molecule is CN(C(=O)c1ccn[nH]1)C1CN(c2cc3c(nn2)CCC3)C1. The predicted octanol–water partition coefficient (Wildman–Crippen LogP) is 0.649. The number of rotatable bonds is 3. The molecule has 22 heavy (non-hydrogen) atoms. The maximum atomic E-state index is 12.2. The van der Waals surface area contributed by atoms with Crippen LogP contribution in [0.15, 0.2) is 18.3 Å². The zero-order valence-electron chi connectivity index (χ0n) is 12.5. The Morgan fingerprint density at radius 1 is 1.36 bits per heavy atom. The molecule has 1 aliphatic heterocycles. The third kappa shape index (κ3) is 2.13. The van der Waals surface area contributed by atoms with E-state index in [1.165, 1.54) is 12.0 Å². The molecule has 0 radical (unpaired) electrons. The number of nitrogens with one attached hydrogen (secondary N) is 1. The molecule has 1 fully saturated rings. The number of carbonyl (C=O) groups excluding carboxylic acids is 1. The third-order valence-electron chi connectivity index (χ3n) is 4.59. The van der Waals surface area contributed by atoms with Gasteiger partial charge in [-0.2, -0.15) is 10.2 Å². The Bertz CT molecular complexity index is 692. The Labute approximate surface area is 128 Å². The molecule has 0 bridgehead atoms. The monoisotopic (exact) mass is 298 g/mol. The zero-order chi connectivity index (χ0) is 15.1. The van der Waals surface area contributed by atoms with Crippen LogP contribution in [0.2, 0.25) is 0 Å². The summed E-state index contributed by atoms with van der Waals surface area (Å²) in [5, 5.41) is 15.2. The van der Waals surface area contributed by atoms with E-state index in [1.807, 2.05) is 7.05 Å². The lowest BCUT2D eigenvalue weighted by molar-refractivity contribution is 0.0699. The number of anilines is 1. The van der Waals surface area contributed by atoms with Crippen LogP contribution in [0.1, 0.15) is 28.2 Å². The summed E-state index contributed by atoms with van der Waals surface area (Å²) in [7, 11) is 1.83. The molecule has 7 nitrogen and oxygen atoms in total. The number of aryl methyl sites for hydroxylation is 2. The summed E-state index contributed by atoms with van der Waals surface area (Å²) in [5.74, 6) is 0.904. The molecule has 0 spiro atoms. The highest BCUT2D eigenvalue weighted by Gasteiger charge is 2.34. The van der Waals surface area contributed by atoms with E-state index in [2.05, 4.69) is 31.4 Å². The van der Waals surface area contributed by atoms with Gasteiger partial charge in [-0.15, -0.1) is 5.10 Å². The molecule has 114 valence electrons. The van der Waals surface area contributed by atoms with Crippen LogP contribution in [0.25, 0.3) is 0 Å². The van der Waals surface area contributed by atoms with Gasteiger partial charge in [0, 0.05) is 26.3 Å². The van der Waals surface area contributed by atoms with Gasteiger partial charge < -0.3 is 9.80 Å². The summed E-state index contributed by atoms with van der Waals surface area (Å²) >= 11 is 0. The van der Waals surface area contributed by atoms with Gasteiger partial charge in [0.15, 0.2) is 5.82 Å². The van der Waals surface area contributed by atoms with Gasteiger partial charge >= 0.3 is 0 Å². The quantitative estimate of drug-likeness (QED) is 0.900. The number of nitrogens with zero attached hydrogens (tertiary/aromatic N) is 5. The summed E-state index contributed by atoms with van der Waals surface area (Å²) in [6, 6.07) is 4.05. The number of hydrogen-bond acceptors (Lipinski definition) is 5. The first-order chi connectivity index (χ1) is 10.7. The average molecular weight is 298 g/mol. The summed E-state index contributed by atoms with van der Waals surface area (Å²) in [6.07, 6.45) is 4.92. The van der Waals surface area contributed by atoms with Crippen molar-refractivity contribution in [3.63, 3.8) is 0 Å². The van der Waals surface area contributed by atoms with Crippen molar-refractivity contribution >= 4 is 11.7 Å². The number of aromatic amines is 1. The Hall–Kier alpha value is -2.44. The van der Waals surface area contributed by atoms with Gasteiger partial charge in [0.25, 0.3) is 5.91 Å². The van der Waals surface area contributed by atoms with Gasteiger partial charge in [-0.3, -0.25) is 9.89 Å². The molecule has 2 aromatic rings. The van der Waals surface area contributed by atoms with Crippen molar-refractivity contribution < 1.29 is 4.79 Å². The van der Waals surface area contributed by atoms with Crippen LogP contribution in [0.4, 0.5) is 5.82 Å². The largest absolute Gasteiger partial charge is 0.351 e. The van der Waals surface area contributed by atoms with E-state index in [0.717, 1.165) is 37.4 Å². The maximum absolute atomic E-state index is 12.2. The van der Waals surface area contributed by atoms with Crippen LogP contribution < -0.4 is 4.90 Å². The minimum absolute atomic E-state index is 0.0258. The van der Waals surface area contributed by atoms with Crippen LogP contribution in [0.3, 0.4) is 0 Å². The second-order valence-corrected chi connectivity index (χ2v) is 5.97. The molecule has 1 aliphatic carbocycles. The summed E-state index contributed by atoms with van der Waals surface area (Å²) in [6.45, 7) is 1.59. The smallest absolute Gasteiger partial charge is 0.271 e. The van der Waals surface area contributed by atoms with E-state index in [0.29, 0.717) is 5.69 Å². The molecule has 0 aromatic carbocycles. The van der Waals surface area contributed by atoms with Crippen molar-refractivity contribution in [2.45, 2.75) is 25.3 Å². The number of likely N-dealkylation sites (N-methyl/N-ethyl adjacent to an activating group) is 1. The van der Waals surface area contributed by atoms with Crippen molar-refractivity contribution in [1.29, 1.82) is 0 Å². The van der Waals surface area contributed by atoms with Gasteiger partial charge in [-0.1, -0.05) is 0 Å². The highest BCUT2D eigenvalue weighted by Crippen LogP contribution is 2.26.